The number of rotatable bonds is 6. The topological polar surface area (TPSA) is 88.5 Å². The Morgan fingerprint density at radius 2 is 1.77 bits per heavy atom. The van der Waals surface area contributed by atoms with E-state index in [1.54, 1.807) is 34.8 Å². The first-order valence-corrected chi connectivity index (χ1v) is 15.6. The molecule has 3 aliphatic rings. The van der Waals surface area contributed by atoms with E-state index in [1.165, 1.54) is 18.9 Å². The summed E-state index contributed by atoms with van der Waals surface area (Å²) >= 11 is 0. The Hall–Kier alpha value is -4.24. The molecule has 7 rings (SSSR count). The summed E-state index contributed by atoms with van der Waals surface area (Å²) in [6, 6.07) is 18.1. The third-order valence-electron chi connectivity index (χ3n) is 9.76. The van der Waals surface area contributed by atoms with E-state index < -0.39 is 23.7 Å². The molecular weight excluding hydrogens is 557 g/mol. The number of ether oxygens (including phenoxy) is 1. The molecule has 3 fully saturated rings. The van der Waals surface area contributed by atoms with Crippen LogP contribution in [0.25, 0.3) is 10.9 Å². The fourth-order valence-corrected chi connectivity index (χ4v) is 7.49. The Balaban J connectivity index is 1.27. The average Bonchev–Trinajstić information content (AvgIpc) is 3.78. The monoisotopic (exact) mass is 595 g/mol. The van der Waals surface area contributed by atoms with Gasteiger partial charge < -0.3 is 20.3 Å². The molecule has 9 heteroatoms. The molecule has 1 aliphatic carbocycles. The molecule has 1 saturated carbocycles. The molecular formula is C35H38FN5O3. The lowest BCUT2D eigenvalue weighted by molar-refractivity contribution is -0.124. The van der Waals surface area contributed by atoms with Crippen molar-refractivity contribution in [2.24, 2.45) is 18.9 Å². The Labute approximate surface area is 256 Å². The van der Waals surface area contributed by atoms with E-state index in [0.717, 1.165) is 35.0 Å². The molecule has 228 valence electrons. The number of carbonyl (C=O) groups is 2. The van der Waals surface area contributed by atoms with Crippen molar-refractivity contribution in [3.05, 3.63) is 89.4 Å². The molecule has 0 radical (unpaired) electrons. The van der Waals surface area contributed by atoms with E-state index in [0.29, 0.717) is 36.9 Å². The second kappa shape index (κ2) is 11.7. The Morgan fingerprint density at radius 3 is 2.55 bits per heavy atom. The van der Waals surface area contributed by atoms with Gasteiger partial charge in [0.15, 0.2) is 0 Å². The number of halogens is 1. The van der Waals surface area contributed by atoms with Crippen LogP contribution in [0.5, 0.6) is 0 Å². The first-order chi connectivity index (χ1) is 21.4. The molecule has 2 N–H and O–H groups in total. The van der Waals surface area contributed by atoms with E-state index in [1.807, 2.05) is 49.5 Å². The van der Waals surface area contributed by atoms with E-state index in [2.05, 4.69) is 15.7 Å². The number of aromatic nitrogens is 2. The van der Waals surface area contributed by atoms with Gasteiger partial charge in [-0.25, -0.2) is 4.39 Å². The molecule has 0 bridgehead atoms. The zero-order valence-electron chi connectivity index (χ0n) is 25.1. The Bertz CT molecular complexity index is 1680. The number of aryl methyl sites for hydroxylation is 2. The molecule has 2 amide bonds. The smallest absolute Gasteiger partial charge is 0.257 e. The molecule has 2 saturated heterocycles. The van der Waals surface area contributed by atoms with Gasteiger partial charge in [-0.1, -0.05) is 37.1 Å². The summed E-state index contributed by atoms with van der Waals surface area (Å²) in [5.74, 6) is -1.76. The van der Waals surface area contributed by atoms with Crippen LogP contribution in [0.3, 0.4) is 0 Å². The second-order valence-corrected chi connectivity index (χ2v) is 12.6. The lowest BCUT2D eigenvalue weighted by atomic mass is 9.76. The van der Waals surface area contributed by atoms with Crippen molar-refractivity contribution in [2.45, 2.75) is 57.2 Å². The highest BCUT2D eigenvalue weighted by Crippen LogP contribution is 2.46. The third kappa shape index (κ3) is 5.23. The number of hydrogen-bond acceptors (Lipinski definition) is 5. The van der Waals surface area contributed by atoms with Gasteiger partial charge in [0.2, 0.25) is 5.91 Å². The van der Waals surface area contributed by atoms with E-state index in [-0.39, 0.29) is 23.4 Å². The number of nitrogens with one attached hydrogen (secondary N) is 2. The van der Waals surface area contributed by atoms with Crippen LogP contribution in [0.2, 0.25) is 0 Å². The second-order valence-electron chi connectivity index (χ2n) is 12.6. The summed E-state index contributed by atoms with van der Waals surface area (Å²) in [7, 11) is 1.88. The normalized spacial score (nSPS) is 23.6. The summed E-state index contributed by atoms with van der Waals surface area (Å²) in [6.07, 6.45) is 7.11. The van der Waals surface area contributed by atoms with E-state index in [9.17, 15) is 9.59 Å². The van der Waals surface area contributed by atoms with Gasteiger partial charge >= 0.3 is 0 Å². The highest BCUT2D eigenvalue weighted by atomic mass is 19.1. The van der Waals surface area contributed by atoms with Crippen molar-refractivity contribution < 1.29 is 18.7 Å². The zero-order chi connectivity index (χ0) is 30.4. The summed E-state index contributed by atoms with van der Waals surface area (Å²) in [6.45, 7) is 2.56. The summed E-state index contributed by atoms with van der Waals surface area (Å²) in [4.78, 5) is 30.4. The molecule has 3 heterocycles. The summed E-state index contributed by atoms with van der Waals surface area (Å²) in [5.41, 5.74) is 4.11. The van der Waals surface area contributed by atoms with Crippen LogP contribution in [0, 0.1) is 24.6 Å². The lowest BCUT2D eigenvalue weighted by Crippen LogP contribution is -2.55. The maximum atomic E-state index is 15.3. The van der Waals surface area contributed by atoms with Crippen LogP contribution in [-0.4, -0.2) is 51.8 Å². The fourth-order valence-electron chi connectivity index (χ4n) is 7.49. The lowest BCUT2D eigenvalue weighted by Gasteiger charge is -2.47. The summed E-state index contributed by atoms with van der Waals surface area (Å²) in [5, 5.41) is 12.0. The van der Waals surface area contributed by atoms with E-state index in [4.69, 9.17) is 4.74 Å². The van der Waals surface area contributed by atoms with Crippen LogP contribution in [0.15, 0.2) is 66.9 Å². The zero-order valence-corrected chi connectivity index (χ0v) is 25.1. The predicted octanol–water partition coefficient (Wildman–Crippen LogP) is 6.23. The van der Waals surface area contributed by atoms with E-state index >= 15 is 4.39 Å². The first-order valence-electron chi connectivity index (χ1n) is 15.6. The van der Waals surface area contributed by atoms with Crippen molar-refractivity contribution in [1.29, 1.82) is 0 Å². The van der Waals surface area contributed by atoms with Crippen molar-refractivity contribution in [1.82, 2.24) is 14.7 Å². The Kier molecular flexibility index (Phi) is 7.58. The van der Waals surface area contributed by atoms with Crippen LogP contribution in [-0.2, 0) is 16.6 Å². The van der Waals surface area contributed by atoms with Gasteiger partial charge in [0.25, 0.3) is 5.91 Å². The number of fused-ring (bicyclic) bond motifs is 2. The van der Waals surface area contributed by atoms with Crippen LogP contribution in [0.4, 0.5) is 15.8 Å². The molecule has 2 unspecified atom stereocenters. The van der Waals surface area contributed by atoms with Gasteiger partial charge in [-0.15, -0.1) is 0 Å². The molecule has 0 spiro atoms. The number of benzene rings is 3. The fraction of sp³-hybridized carbons (Fsp3) is 0.400. The number of piperidine rings is 1. The van der Waals surface area contributed by atoms with Crippen molar-refractivity contribution in [3.63, 3.8) is 0 Å². The van der Waals surface area contributed by atoms with Gasteiger partial charge in [-0.2, -0.15) is 5.10 Å². The molecule has 2 aliphatic heterocycles. The van der Waals surface area contributed by atoms with Gasteiger partial charge in [0.05, 0.1) is 48.5 Å². The SMILES string of the molecule is Cc1cccc(F)c1C(=O)N1C(c2ccc(NC3CCCC3)cc2)C(C(=O)Nc2ccc3c(cnn3C)c2)C[C@@H]2COC[C@@H]21. The van der Waals surface area contributed by atoms with Crippen LogP contribution >= 0.6 is 0 Å². The number of likely N-dealkylation sites (tertiary alicyclic amines) is 1. The van der Waals surface area contributed by atoms with Crippen LogP contribution in [0.1, 0.15) is 59.6 Å². The van der Waals surface area contributed by atoms with Crippen molar-refractivity contribution in [2.75, 3.05) is 23.8 Å². The van der Waals surface area contributed by atoms with Crippen molar-refractivity contribution >= 4 is 34.1 Å². The standard InChI is InChI=1S/C35H38FN5O3/c1-21-6-5-9-29(36)32(21)35(43)41-31-20-44-19-24(31)17-28(34(42)39-27-14-15-30-23(16-27)18-37-40(30)2)33(41)22-10-12-26(13-11-22)38-25-7-3-4-8-25/h5-6,9-16,18,24-25,28,31,33,38H,3-4,7-8,17,19-20H2,1-2H3,(H,39,42)/t24-,28?,31+,33?/m1/s1. The highest BCUT2D eigenvalue weighted by molar-refractivity contribution is 5.99. The summed E-state index contributed by atoms with van der Waals surface area (Å²) < 4.78 is 23.0. The van der Waals surface area contributed by atoms with Gasteiger partial charge in [-0.3, -0.25) is 14.3 Å². The molecule has 4 atom stereocenters. The maximum absolute atomic E-state index is 15.3. The minimum atomic E-state index is -0.605. The van der Waals surface area contributed by atoms with Crippen molar-refractivity contribution in [3.8, 4) is 0 Å². The van der Waals surface area contributed by atoms with Crippen LogP contribution < -0.4 is 10.6 Å². The predicted molar refractivity (Wildman–Crippen MR) is 168 cm³/mol. The quantitative estimate of drug-likeness (QED) is 0.276. The first kappa shape index (κ1) is 28.5. The molecule has 44 heavy (non-hydrogen) atoms. The number of nitrogens with zero attached hydrogens (tertiary/aromatic N) is 3. The molecule has 1 aromatic heterocycles. The van der Waals surface area contributed by atoms with Gasteiger partial charge in [-0.05, 0) is 73.7 Å². The number of carbonyl (C=O) groups excluding carboxylic acids is 2. The average molecular weight is 596 g/mol. The molecule has 4 aromatic rings. The largest absolute Gasteiger partial charge is 0.382 e. The number of hydrogen-bond donors (Lipinski definition) is 2. The highest BCUT2D eigenvalue weighted by Gasteiger charge is 2.51. The minimum absolute atomic E-state index is 0.0397. The number of anilines is 2. The third-order valence-corrected chi connectivity index (χ3v) is 9.76. The van der Waals surface area contributed by atoms with Gasteiger partial charge in [0, 0.05) is 35.8 Å². The molecule has 8 nitrogen and oxygen atoms in total. The number of amides is 2. The van der Waals surface area contributed by atoms with Gasteiger partial charge in [0.1, 0.15) is 5.82 Å². The molecule has 3 aromatic carbocycles. The maximum Gasteiger partial charge on any atom is 0.257 e. The minimum Gasteiger partial charge on any atom is -0.382 e. The Morgan fingerprint density at radius 1 is 1.00 bits per heavy atom.